The van der Waals surface area contributed by atoms with Crippen LogP contribution in [0.2, 0.25) is 0 Å². The Hall–Kier alpha value is -1.62. The number of amides is 1. The first kappa shape index (κ1) is 19.7. The highest BCUT2D eigenvalue weighted by molar-refractivity contribution is 5.93. The molecular weight excluding hydrogens is 316 g/mol. The summed E-state index contributed by atoms with van der Waals surface area (Å²) in [5.41, 5.74) is 1.01. The van der Waals surface area contributed by atoms with Crippen molar-refractivity contribution in [3.05, 3.63) is 24.4 Å². The summed E-state index contributed by atoms with van der Waals surface area (Å²) in [5, 5.41) is 0. The first-order valence-electron chi connectivity index (χ1n) is 9.41. The zero-order chi connectivity index (χ0) is 18.4. The minimum atomic E-state index is 0.102. The number of ether oxygens (including phenoxy) is 2. The summed E-state index contributed by atoms with van der Waals surface area (Å²) in [5.74, 6) is 0.762. The van der Waals surface area contributed by atoms with E-state index in [1.807, 2.05) is 26.8 Å². The Bertz CT molecular complexity index is 527. The lowest BCUT2D eigenvalue weighted by Crippen LogP contribution is -2.50. The summed E-state index contributed by atoms with van der Waals surface area (Å²) < 4.78 is 11.8. The summed E-state index contributed by atoms with van der Waals surface area (Å²) in [6.45, 7) is 11.9. The molecule has 140 valence electrons. The van der Waals surface area contributed by atoms with Crippen molar-refractivity contribution in [2.75, 3.05) is 6.61 Å². The van der Waals surface area contributed by atoms with Gasteiger partial charge in [-0.15, -0.1) is 0 Å². The Morgan fingerprint density at radius 2 is 2.00 bits per heavy atom. The second-order valence-electron chi connectivity index (χ2n) is 7.02. The van der Waals surface area contributed by atoms with E-state index in [0.29, 0.717) is 5.90 Å². The SMILES string of the molecule is C=CN=C(OC1CC2CCC(C1)N2C(=O)COC(C)CC)C(C)=CC. The molecule has 5 heteroatoms. The van der Waals surface area contributed by atoms with E-state index in [9.17, 15) is 4.79 Å². The minimum Gasteiger partial charge on any atom is -0.474 e. The number of hydrogen-bond acceptors (Lipinski definition) is 4. The Morgan fingerprint density at radius 3 is 2.52 bits per heavy atom. The van der Waals surface area contributed by atoms with Gasteiger partial charge in [0, 0.05) is 36.7 Å². The van der Waals surface area contributed by atoms with E-state index in [-0.39, 0.29) is 36.8 Å². The molecule has 1 amide bonds. The van der Waals surface area contributed by atoms with Crippen molar-refractivity contribution in [2.24, 2.45) is 4.99 Å². The van der Waals surface area contributed by atoms with Crippen LogP contribution in [0.3, 0.4) is 0 Å². The lowest BCUT2D eigenvalue weighted by Gasteiger charge is -2.39. The van der Waals surface area contributed by atoms with E-state index in [0.717, 1.165) is 37.7 Å². The van der Waals surface area contributed by atoms with Gasteiger partial charge in [-0.05, 0) is 40.0 Å². The molecule has 2 bridgehead atoms. The molecule has 2 aliphatic heterocycles. The van der Waals surface area contributed by atoms with Gasteiger partial charge in [0.25, 0.3) is 0 Å². The highest BCUT2D eigenvalue weighted by Crippen LogP contribution is 2.37. The van der Waals surface area contributed by atoms with Gasteiger partial charge < -0.3 is 14.4 Å². The monoisotopic (exact) mass is 348 g/mol. The van der Waals surface area contributed by atoms with Crippen molar-refractivity contribution in [3.8, 4) is 0 Å². The van der Waals surface area contributed by atoms with Crippen LogP contribution < -0.4 is 0 Å². The van der Waals surface area contributed by atoms with Gasteiger partial charge in [-0.1, -0.05) is 19.6 Å². The lowest BCUT2D eigenvalue weighted by molar-refractivity contribution is -0.144. The zero-order valence-corrected chi connectivity index (χ0v) is 16.0. The van der Waals surface area contributed by atoms with Gasteiger partial charge in [0.05, 0.1) is 6.10 Å². The molecule has 0 N–H and O–H groups in total. The van der Waals surface area contributed by atoms with Crippen LogP contribution >= 0.6 is 0 Å². The van der Waals surface area contributed by atoms with Crippen molar-refractivity contribution in [3.63, 3.8) is 0 Å². The van der Waals surface area contributed by atoms with Crippen LogP contribution in [-0.2, 0) is 14.3 Å². The number of rotatable bonds is 7. The van der Waals surface area contributed by atoms with Crippen molar-refractivity contribution in [1.29, 1.82) is 0 Å². The van der Waals surface area contributed by atoms with Crippen molar-refractivity contribution in [2.45, 2.75) is 84.1 Å². The Balaban J connectivity index is 1.96. The number of allylic oxidation sites excluding steroid dienone is 1. The maximum atomic E-state index is 12.6. The summed E-state index contributed by atoms with van der Waals surface area (Å²) in [6.07, 6.45) is 8.48. The smallest absolute Gasteiger partial charge is 0.249 e. The number of carbonyl (C=O) groups is 1. The molecule has 2 rings (SSSR count). The molecule has 3 unspecified atom stereocenters. The Morgan fingerprint density at radius 1 is 1.36 bits per heavy atom. The zero-order valence-electron chi connectivity index (χ0n) is 16.0. The molecule has 0 aromatic heterocycles. The van der Waals surface area contributed by atoms with E-state index in [1.165, 1.54) is 6.20 Å². The second kappa shape index (κ2) is 9.18. The molecule has 0 spiro atoms. The molecule has 2 fully saturated rings. The molecule has 0 radical (unpaired) electrons. The van der Waals surface area contributed by atoms with Gasteiger partial charge in [0.2, 0.25) is 11.8 Å². The normalized spacial score (nSPS) is 28.0. The molecule has 2 saturated heterocycles. The molecule has 0 saturated carbocycles. The van der Waals surface area contributed by atoms with Crippen molar-refractivity contribution < 1.29 is 14.3 Å². The molecule has 2 aliphatic rings. The van der Waals surface area contributed by atoms with Gasteiger partial charge in [-0.25, -0.2) is 4.99 Å². The predicted octanol–water partition coefficient (Wildman–Crippen LogP) is 3.85. The molecule has 0 aromatic carbocycles. The van der Waals surface area contributed by atoms with Crippen molar-refractivity contribution >= 4 is 11.8 Å². The fourth-order valence-electron chi connectivity index (χ4n) is 3.63. The number of aliphatic imine (C=N–C) groups is 1. The van der Waals surface area contributed by atoms with Crippen LogP contribution in [0.25, 0.3) is 0 Å². The quantitative estimate of drug-likeness (QED) is 0.519. The Labute approximate surface area is 151 Å². The number of carbonyl (C=O) groups excluding carboxylic acids is 1. The topological polar surface area (TPSA) is 51.1 Å². The number of fused-ring (bicyclic) bond motifs is 2. The van der Waals surface area contributed by atoms with Crippen LogP contribution in [-0.4, -0.2) is 47.6 Å². The summed E-state index contributed by atoms with van der Waals surface area (Å²) in [4.78, 5) is 18.9. The summed E-state index contributed by atoms with van der Waals surface area (Å²) in [6, 6.07) is 0.514. The third kappa shape index (κ3) is 4.94. The first-order chi connectivity index (χ1) is 12.0. The van der Waals surface area contributed by atoms with E-state index in [2.05, 4.69) is 23.4 Å². The van der Waals surface area contributed by atoms with Crippen LogP contribution in [0.15, 0.2) is 29.4 Å². The molecular formula is C20H32N2O3. The van der Waals surface area contributed by atoms with E-state index in [1.54, 1.807) is 0 Å². The average Bonchev–Trinajstić information content (AvgIpc) is 2.89. The third-order valence-corrected chi connectivity index (χ3v) is 5.30. The van der Waals surface area contributed by atoms with Gasteiger partial charge >= 0.3 is 0 Å². The maximum absolute atomic E-state index is 12.6. The molecule has 5 nitrogen and oxygen atoms in total. The lowest BCUT2D eigenvalue weighted by atomic mass is 9.99. The molecule has 25 heavy (non-hydrogen) atoms. The van der Waals surface area contributed by atoms with Crippen LogP contribution in [0, 0.1) is 0 Å². The molecule has 3 atom stereocenters. The fraction of sp³-hybridized carbons (Fsp3) is 0.700. The van der Waals surface area contributed by atoms with Gasteiger partial charge in [0.15, 0.2) is 0 Å². The fourth-order valence-corrected chi connectivity index (χ4v) is 3.63. The molecule has 0 aromatic rings. The highest BCUT2D eigenvalue weighted by Gasteiger charge is 2.44. The van der Waals surface area contributed by atoms with Gasteiger partial charge in [0.1, 0.15) is 12.7 Å². The Kier molecular flexibility index (Phi) is 7.24. The third-order valence-electron chi connectivity index (χ3n) is 5.30. The number of piperidine rings is 1. The van der Waals surface area contributed by atoms with Crippen LogP contribution in [0.5, 0.6) is 0 Å². The van der Waals surface area contributed by atoms with Gasteiger partial charge in [-0.2, -0.15) is 0 Å². The van der Waals surface area contributed by atoms with E-state index >= 15 is 0 Å². The van der Waals surface area contributed by atoms with Crippen molar-refractivity contribution in [1.82, 2.24) is 4.90 Å². The summed E-state index contributed by atoms with van der Waals surface area (Å²) >= 11 is 0. The number of nitrogens with zero attached hydrogens (tertiary/aromatic N) is 2. The summed E-state index contributed by atoms with van der Waals surface area (Å²) in [7, 11) is 0. The molecule has 2 heterocycles. The molecule has 0 aliphatic carbocycles. The van der Waals surface area contributed by atoms with Gasteiger partial charge in [-0.3, -0.25) is 4.79 Å². The van der Waals surface area contributed by atoms with E-state index < -0.39 is 0 Å². The van der Waals surface area contributed by atoms with Crippen LogP contribution in [0.1, 0.15) is 59.8 Å². The first-order valence-corrected chi connectivity index (χ1v) is 9.41. The second-order valence-corrected chi connectivity index (χ2v) is 7.02. The van der Waals surface area contributed by atoms with Crippen LogP contribution in [0.4, 0.5) is 0 Å². The maximum Gasteiger partial charge on any atom is 0.249 e. The average molecular weight is 348 g/mol. The highest BCUT2D eigenvalue weighted by atomic mass is 16.5. The standard InChI is InChI=1S/C20H32N2O3/c1-6-14(4)20(21-8-3)25-18-11-16-9-10-17(12-18)22(16)19(23)13-24-15(5)7-2/h6,8,15-18H,3,7,9-13H2,1-2,4-5H3. The number of hydrogen-bond donors (Lipinski definition) is 0. The predicted molar refractivity (Wildman–Crippen MR) is 101 cm³/mol. The largest absolute Gasteiger partial charge is 0.474 e. The minimum absolute atomic E-state index is 0.102. The van der Waals surface area contributed by atoms with E-state index in [4.69, 9.17) is 9.47 Å².